The molecule has 3 heterocycles. The van der Waals surface area contributed by atoms with Crippen molar-refractivity contribution in [2.24, 2.45) is 0 Å². The Balaban J connectivity index is 1.79. The van der Waals surface area contributed by atoms with Crippen LogP contribution in [-0.2, 0) is 16.9 Å². The summed E-state index contributed by atoms with van der Waals surface area (Å²) < 4.78 is 5.68. The number of hydrogen-bond donors (Lipinski definition) is 1. The third-order valence-corrected chi connectivity index (χ3v) is 5.39. The van der Waals surface area contributed by atoms with Crippen molar-refractivity contribution in [1.82, 2.24) is 20.2 Å². The SMILES string of the molecule is CC(=O)NC1(c2nc(C)cs2)CCN(Cc2nc(C)c(C)o2)C1. The van der Waals surface area contributed by atoms with E-state index in [1.165, 1.54) is 0 Å². The molecule has 23 heavy (non-hydrogen) atoms. The molecule has 3 rings (SSSR count). The van der Waals surface area contributed by atoms with Crippen molar-refractivity contribution < 1.29 is 9.21 Å². The summed E-state index contributed by atoms with van der Waals surface area (Å²) in [5, 5.41) is 6.14. The molecular formula is C16H22N4O2S. The Morgan fingerprint density at radius 1 is 1.43 bits per heavy atom. The number of oxazole rings is 1. The maximum atomic E-state index is 11.7. The molecule has 1 saturated heterocycles. The van der Waals surface area contributed by atoms with E-state index in [0.29, 0.717) is 6.54 Å². The van der Waals surface area contributed by atoms with Gasteiger partial charge in [-0.2, -0.15) is 0 Å². The molecule has 2 aromatic heterocycles. The fourth-order valence-electron chi connectivity index (χ4n) is 3.06. The Morgan fingerprint density at radius 2 is 2.22 bits per heavy atom. The number of aryl methyl sites for hydroxylation is 3. The van der Waals surface area contributed by atoms with Crippen LogP contribution in [0.2, 0.25) is 0 Å². The fourth-order valence-corrected chi connectivity index (χ4v) is 4.04. The quantitative estimate of drug-likeness (QED) is 0.929. The average molecular weight is 334 g/mol. The molecule has 0 spiro atoms. The summed E-state index contributed by atoms with van der Waals surface area (Å²) in [5.74, 6) is 1.57. The van der Waals surface area contributed by atoms with Crippen LogP contribution in [0.1, 0.15) is 41.4 Å². The zero-order valence-electron chi connectivity index (χ0n) is 14.0. The molecule has 1 atom stereocenters. The molecule has 1 aliphatic heterocycles. The van der Waals surface area contributed by atoms with Gasteiger partial charge in [-0.05, 0) is 27.2 Å². The van der Waals surface area contributed by atoms with Crippen LogP contribution in [0.3, 0.4) is 0 Å². The number of hydrogen-bond acceptors (Lipinski definition) is 6. The lowest BCUT2D eigenvalue weighted by Gasteiger charge is -2.28. The first-order chi connectivity index (χ1) is 10.9. The molecule has 7 heteroatoms. The molecule has 1 fully saturated rings. The van der Waals surface area contributed by atoms with Crippen LogP contribution in [0.4, 0.5) is 0 Å². The normalized spacial score (nSPS) is 21.7. The number of rotatable bonds is 4. The topological polar surface area (TPSA) is 71.3 Å². The van der Waals surface area contributed by atoms with E-state index in [9.17, 15) is 4.79 Å². The van der Waals surface area contributed by atoms with Gasteiger partial charge in [-0.25, -0.2) is 9.97 Å². The molecule has 124 valence electrons. The minimum Gasteiger partial charge on any atom is -0.444 e. The van der Waals surface area contributed by atoms with Gasteiger partial charge in [0.05, 0.1) is 12.2 Å². The second-order valence-corrected chi connectivity index (χ2v) is 7.13. The van der Waals surface area contributed by atoms with Gasteiger partial charge in [0.1, 0.15) is 16.3 Å². The third kappa shape index (κ3) is 3.30. The smallest absolute Gasteiger partial charge is 0.217 e. The van der Waals surface area contributed by atoms with Gasteiger partial charge in [0.2, 0.25) is 11.8 Å². The number of thiazole rings is 1. The molecule has 0 aromatic carbocycles. The summed E-state index contributed by atoms with van der Waals surface area (Å²) in [6, 6.07) is 0. The van der Waals surface area contributed by atoms with Crippen LogP contribution in [0.5, 0.6) is 0 Å². The highest BCUT2D eigenvalue weighted by Gasteiger charge is 2.43. The van der Waals surface area contributed by atoms with Crippen molar-refractivity contribution in [3.8, 4) is 0 Å². The highest BCUT2D eigenvalue weighted by atomic mass is 32.1. The molecule has 0 bridgehead atoms. The highest BCUT2D eigenvalue weighted by molar-refractivity contribution is 7.09. The van der Waals surface area contributed by atoms with E-state index in [4.69, 9.17) is 4.42 Å². The Bertz CT molecular complexity index is 704. The minimum atomic E-state index is -0.401. The fraction of sp³-hybridized carbons (Fsp3) is 0.562. The third-order valence-electron chi connectivity index (χ3n) is 4.22. The van der Waals surface area contributed by atoms with E-state index in [0.717, 1.165) is 47.6 Å². The average Bonchev–Trinajstić information content (AvgIpc) is 3.12. The van der Waals surface area contributed by atoms with Crippen molar-refractivity contribution in [3.05, 3.63) is 33.4 Å². The molecule has 1 aliphatic rings. The number of amides is 1. The van der Waals surface area contributed by atoms with Crippen molar-refractivity contribution in [2.45, 2.75) is 46.2 Å². The van der Waals surface area contributed by atoms with Gasteiger partial charge >= 0.3 is 0 Å². The lowest BCUT2D eigenvalue weighted by atomic mass is 9.99. The summed E-state index contributed by atoms with van der Waals surface area (Å²) >= 11 is 1.61. The number of carbonyl (C=O) groups is 1. The summed E-state index contributed by atoms with van der Waals surface area (Å²) in [6.07, 6.45) is 0.845. The summed E-state index contributed by atoms with van der Waals surface area (Å²) in [4.78, 5) is 23.0. The van der Waals surface area contributed by atoms with Gasteiger partial charge in [0, 0.05) is 31.1 Å². The number of nitrogens with zero attached hydrogens (tertiary/aromatic N) is 3. The molecule has 6 nitrogen and oxygen atoms in total. The van der Waals surface area contributed by atoms with Crippen molar-refractivity contribution in [2.75, 3.05) is 13.1 Å². The monoisotopic (exact) mass is 334 g/mol. The molecule has 1 amide bonds. The Morgan fingerprint density at radius 3 is 2.78 bits per heavy atom. The lowest BCUT2D eigenvalue weighted by molar-refractivity contribution is -0.120. The van der Waals surface area contributed by atoms with E-state index in [-0.39, 0.29) is 5.91 Å². The second kappa shape index (κ2) is 6.05. The van der Waals surface area contributed by atoms with Gasteiger partial charge < -0.3 is 9.73 Å². The van der Waals surface area contributed by atoms with Crippen LogP contribution < -0.4 is 5.32 Å². The van der Waals surface area contributed by atoms with Gasteiger partial charge in [-0.1, -0.05) is 0 Å². The minimum absolute atomic E-state index is 0.0254. The van der Waals surface area contributed by atoms with E-state index < -0.39 is 5.54 Å². The molecule has 1 N–H and O–H groups in total. The van der Waals surface area contributed by atoms with E-state index >= 15 is 0 Å². The van der Waals surface area contributed by atoms with E-state index in [1.807, 2.05) is 26.2 Å². The number of nitrogens with one attached hydrogen (secondary N) is 1. The second-order valence-electron chi connectivity index (χ2n) is 6.27. The summed E-state index contributed by atoms with van der Waals surface area (Å²) in [6.45, 7) is 9.67. The Labute approximate surface area is 139 Å². The predicted molar refractivity (Wildman–Crippen MR) is 88.2 cm³/mol. The van der Waals surface area contributed by atoms with Gasteiger partial charge in [0.15, 0.2) is 0 Å². The van der Waals surface area contributed by atoms with Crippen molar-refractivity contribution >= 4 is 17.2 Å². The van der Waals surface area contributed by atoms with E-state index in [2.05, 4.69) is 20.2 Å². The molecule has 0 aliphatic carbocycles. The zero-order chi connectivity index (χ0) is 16.6. The zero-order valence-corrected chi connectivity index (χ0v) is 14.8. The lowest BCUT2D eigenvalue weighted by Crippen LogP contribution is -2.47. The van der Waals surface area contributed by atoms with Crippen LogP contribution in [-0.4, -0.2) is 33.9 Å². The summed E-state index contributed by atoms with van der Waals surface area (Å²) in [7, 11) is 0. The summed E-state index contributed by atoms with van der Waals surface area (Å²) in [5.41, 5.74) is 1.52. The highest BCUT2D eigenvalue weighted by Crippen LogP contribution is 2.34. The molecule has 1 unspecified atom stereocenters. The van der Waals surface area contributed by atoms with Gasteiger partial charge in [-0.15, -0.1) is 11.3 Å². The van der Waals surface area contributed by atoms with Crippen molar-refractivity contribution in [1.29, 1.82) is 0 Å². The van der Waals surface area contributed by atoms with Crippen LogP contribution in [0, 0.1) is 20.8 Å². The van der Waals surface area contributed by atoms with Crippen LogP contribution >= 0.6 is 11.3 Å². The largest absolute Gasteiger partial charge is 0.444 e. The number of aromatic nitrogens is 2. The Kier molecular flexibility index (Phi) is 4.25. The van der Waals surface area contributed by atoms with Gasteiger partial charge in [0.25, 0.3) is 0 Å². The number of likely N-dealkylation sites (tertiary alicyclic amines) is 1. The first kappa shape index (κ1) is 16.1. The first-order valence-corrected chi connectivity index (χ1v) is 8.62. The van der Waals surface area contributed by atoms with Gasteiger partial charge in [-0.3, -0.25) is 9.69 Å². The molecular weight excluding hydrogens is 312 g/mol. The Hall–Kier alpha value is -1.73. The predicted octanol–water partition coefficient (Wildman–Crippen LogP) is 2.29. The number of carbonyl (C=O) groups excluding carboxylic acids is 1. The van der Waals surface area contributed by atoms with Crippen LogP contribution in [0.15, 0.2) is 9.80 Å². The maximum Gasteiger partial charge on any atom is 0.217 e. The standard InChI is InChI=1S/C16H22N4O2S/c1-10-8-23-15(17-10)16(19-13(4)21)5-6-20(9-16)7-14-18-11(2)12(3)22-14/h8H,5-7,9H2,1-4H3,(H,19,21). The maximum absolute atomic E-state index is 11.7. The molecule has 0 saturated carbocycles. The molecule has 0 radical (unpaired) electrons. The first-order valence-electron chi connectivity index (χ1n) is 7.74. The van der Waals surface area contributed by atoms with E-state index in [1.54, 1.807) is 18.3 Å². The van der Waals surface area contributed by atoms with Crippen molar-refractivity contribution in [3.63, 3.8) is 0 Å². The molecule has 2 aromatic rings. The van der Waals surface area contributed by atoms with Crippen LogP contribution in [0.25, 0.3) is 0 Å².